The predicted octanol–water partition coefficient (Wildman–Crippen LogP) is 4.57. The van der Waals surface area contributed by atoms with E-state index in [-0.39, 0.29) is 23.7 Å². The van der Waals surface area contributed by atoms with Gasteiger partial charge >= 0.3 is 0 Å². The van der Waals surface area contributed by atoms with Gasteiger partial charge in [0.25, 0.3) is 0 Å². The topological polar surface area (TPSA) is 58.9 Å². The molecule has 1 aromatic heterocycles. The number of rotatable bonds is 7. The van der Waals surface area contributed by atoms with Crippen LogP contribution in [0.2, 0.25) is 0 Å². The molecule has 1 fully saturated rings. The van der Waals surface area contributed by atoms with Crippen LogP contribution in [0.4, 0.5) is 10.2 Å². The van der Waals surface area contributed by atoms with Crippen molar-refractivity contribution in [3.8, 4) is 16.9 Å². The number of aromatic nitrogens is 2. The molecular weight excluding hydrogens is 379 g/mol. The van der Waals surface area contributed by atoms with Crippen molar-refractivity contribution in [1.82, 2.24) is 15.1 Å². The zero-order chi connectivity index (χ0) is 21.1. The number of nitrogens with zero attached hydrogens (tertiary/aromatic N) is 2. The van der Waals surface area contributed by atoms with Crippen molar-refractivity contribution in [2.75, 3.05) is 11.9 Å². The van der Waals surface area contributed by atoms with Crippen molar-refractivity contribution in [3.63, 3.8) is 0 Å². The SMILES string of the molecule is CCCc1cccc(-c2cc(NC(C)[C@H]3CNC(=O)C3)nn2-c2cccc(F)c2)c1. The number of hydrogen-bond acceptors (Lipinski definition) is 3. The number of hydrogen-bond donors (Lipinski definition) is 2. The molecule has 1 saturated heterocycles. The molecule has 30 heavy (non-hydrogen) atoms. The normalized spacial score (nSPS) is 17.0. The van der Waals surface area contributed by atoms with Gasteiger partial charge in [-0.15, -0.1) is 5.10 Å². The summed E-state index contributed by atoms with van der Waals surface area (Å²) in [4.78, 5) is 11.6. The second-order valence-electron chi connectivity index (χ2n) is 7.96. The van der Waals surface area contributed by atoms with E-state index in [1.165, 1.54) is 17.7 Å². The van der Waals surface area contributed by atoms with Crippen LogP contribution in [0, 0.1) is 11.7 Å². The molecule has 2 aromatic carbocycles. The molecule has 0 radical (unpaired) electrons. The van der Waals surface area contributed by atoms with Crippen LogP contribution < -0.4 is 10.6 Å². The first-order valence-electron chi connectivity index (χ1n) is 10.5. The van der Waals surface area contributed by atoms with Gasteiger partial charge in [0, 0.05) is 36.6 Å². The maximum absolute atomic E-state index is 13.9. The average molecular weight is 407 g/mol. The third-order valence-corrected chi connectivity index (χ3v) is 5.62. The van der Waals surface area contributed by atoms with Crippen molar-refractivity contribution < 1.29 is 9.18 Å². The summed E-state index contributed by atoms with van der Waals surface area (Å²) in [5.41, 5.74) is 3.87. The Morgan fingerprint density at radius 1 is 1.23 bits per heavy atom. The molecule has 6 heteroatoms. The molecule has 1 aliphatic heterocycles. The first-order valence-corrected chi connectivity index (χ1v) is 10.5. The van der Waals surface area contributed by atoms with Crippen LogP contribution in [0.25, 0.3) is 16.9 Å². The van der Waals surface area contributed by atoms with Gasteiger partial charge in [0.2, 0.25) is 5.91 Å². The highest BCUT2D eigenvalue weighted by atomic mass is 19.1. The number of aryl methyl sites for hydroxylation is 1. The number of amides is 1. The van der Waals surface area contributed by atoms with Gasteiger partial charge in [0.1, 0.15) is 11.6 Å². The van der Waals surface area contributed by atoms with E-state index in [0.29, 0.717) is 24.5 Å². The fourth-order valence-electron chi connectivity index (χ4n) is 3.97. The molecule has 0 spiro atoms. The van der Waals surface area contributed by atoms with E-state index in [0.717, 1.165) is 24.1 Å². The van der Waals surface area contributed by atoms with Crippen molar-refractivity contribution in [2.45, 2.75) is 39.2 Å². The van der Waals surface area contributed by atoms with Crippen LogP contribution in [-0.2, 0) is 11.2 Å². The van der Waals surface area contributed by atoms with E-state index in [1.54, 1.807) is 10.7 Å². The van der Waals surface area contributed by atoms with E-state index in [2.05, 4.69) is 48.7 Å². The van der Waals surface area contributed by atoms with Crippen LogP contribution in [0.3, 0.4) is 0 Å². The minimum absolute atomic E-state index is 0.0825. The number of halogens is 1. The lowest BCUT2D eigenvalue weighted by Gasteiger charge is -2.18. The zero-order valence-corrected chi connectivity index (χ0v) is 17.4. The largest absolute Gasteiger partial charge is 0.366 e. The summed E-state index contributed by atoms with van der Waals surface area (Å²) in [7, 11) is 0. The molecule has 1 amide bonds. The van der Waals surface area contributed by atoms with Crippen LogP contribution in [0.1, 0.15) is 32.3 Å². The minimum atomic E-state index is -0.299. The van der Waals surface area contributed by atoms with Gasteiger partial charge in [-0.25, -0.2) is 9.07 Å². The molecule has 0 bridgehead atoms. The number of benzene rings is 2. The maximum atomic E-state index is 13.9. The Labute approximate surface area is 176 Å². The predicted molar refractivity (Wildman–Crippen MR) is 117 cm³/mol. The number of carbonyl (C=O) groups excluding carboxylic acids is 1. The molecule has 0 saturated carbocycles. The van der Waals surface area contributed by atoms with E-state index in [1.807, 2.05) is 12.1 Å². The average Bonchev–Trinajstić information content (AvgIpc) is 3.35. The molecule has 1 unspecified atom stereocenters. The van der Waals surface area contributed by atoms with Gasteiger partial charge in [-0.2, -0.15) is 0 Å². The van der Waals surface area contributed by atoms with Gasteiger partial charge in [-0.1, -0.05) is 37.6 Å². The first kappa shape index (κ1) is 20.1. The number of anilines is 1. The Hall–Kier alpha value is -3.15. The second-order valence-corrected chi connectivity index (χ2v) is 7.96. The highest BCUT2D eigenvalue weighted by Gasteiger charge is 2.27. The molecule has 1 aliphatic rings. The molecule has 3 aromatic rings. The van der Waals surface area contributed by atoms with E-state index in [4.69, 9.17) is 5.10 Å². The summed E-state index contributed by atoms with van der Waals surface area (Å²) in [5.74, 6) is 0.717. The third-order valence-electron chi connectivity index (χ3n) is 5.62. The summed E-state index contributed by atoms with van der Waals surface area (Å²) in [5, 5.41) is 11.1. The Morgan fingerprint density at radius 3 is 2.80 bits per heavy atom. The van der Waals surface area contributed by atoms with Crippen molar-refractivity contribution in [2.24, 2.45) is 5.92 Å². The van der Waals surface area contributed by atoms with Gasteiger partial charge < -0.3 is 10.6 Å². The fraction of sp³-hybridized carbons (Fsp3) is 0.333. The summed E-state index contributed by atoms with van der Waals surface area (Å²) < 4.78 is 15.7. The molecule has 5 nitrogen and oxygen atoms in total. The summed E-state index contributed by atoms with van der Waals surface area (Å²) in [6.07, 6.45) is 2.60. The van der Waals surface area contributed by atoms with E-state index >= 15 is 0 Å². The monoisotopic (exact) mass is 406 g/mol. The standard InChI is InChI=1S/C24H27FN4O/c1-3-6-17-7-4-8-18(11-17)22-14-23(27-16(2)19-12-24(30)26-15-19)28-29(22)21-10-5-9-20(25)13-21/h4-5,7-11,13-14,16,19H,3,6,12,15H2,1-2H3,(H,26,30)(H,27,28)/t16?,19-/m1/s1. The summed E-state index contributed by atoms with van der Waals surface area (Å²) >= 11 is 0. The zero-order valence-electron chi connectivity index (χ0n) is 17.4. The smallest absolute Gasteiger partial charge is 0.220 e. The molecule has 4 rings (SSSR count). The second kappa shape index (κ2) is 8.69. The molecular formula is C24H27FN4O. The van der Waals surface area contributed by atoms with Crippen LogP contribution >= 0.6 is 0 Å². The van der Waals surface area contributed by atoms with Crippen LogP contribution in [-0.4, -0.2) is 28.3 Å². The van der Waals surface area contributed by atoms with E-state index < -0.39 is 0 Å². The van der Waals surface area contributed by atoms with Gasteiger partial charge in [-0.05, 0) is 43.2 Å². The number of nitrogens with one attached hydrogen (secondary N) is 2. The lowest BCUT2D eigenvalue weighted by molar-refractivity contribution is -0.119. The van der Waals surface area contributed by atoms with Crippen molar-refractivity contribution in [3.05, 3.63) is 66.0 Å². The highest BCUT2D eigenvalue weighted by molar-refractivity contribution is 5.78. The molecule has 2 N–H and O–H groups in total. The summed E-state index contributed by atoms with van der Waals surface area (Å²) in [6.45, 7) is 4.90. The van der Waals surface area contributed by atoms with Gasteiger partial charge in [0.05, 0.1) is 11.4 Å². The van der Waals surface area contributed by atoms with Gasteiger partial charge in [-0.3, -0.25) is 4.79 Å². The van der Waals surface area contributed by atoms with Crippen molar-refractivity contribution >= 4 is 11.7 Å². The molecule has 0 aliphatic carbocycles. The number of carbonyl (C=O) groups is 1. The third kappa shape index (κ3) is 4.37. The Balaban J connectivity index is 1.70. The van der Waals surface area contributed by atoms with Crippen LogP contribution in [0.5, 0.6) is 0 Å². The first-order chi connectivity index (χ1) is 14.5. The molecule has 156 valence electrons. The quantitative estimate of drug-likeness (QED) is 0.604. The molecule has 2 heterocycles. The lowest BCUT2D eigenvalue weighted by atomic mass is 10.0. The van der Waals surface area contributed by atoms with Crippen molar-refractivity contribution in [1.29, 1.82) is 0 Å². The Kier molecular flexibility index (Phi) is 5.84. The van der Waals surface area contributed by atoms with Gasteiger partial charge in [0.15, 0.2) is 0 Å². The summed E-state index contributed by atoms with van der Waals surface area (Å²) in [6, 6.07) is 16.9. The maximum Gasteiger partial charge on any atom is 0.220 e. The van der Waals surface area contributed by atoms with E-state index in [9.17, 15) is 9.18 Å². The minimum Gasteiger partial charge on any atom is -0.366 e. The molecule has 2 atom stereocenters. The highest BCUT2D eigenvalue weighted by Crippen LogP contribution is 2.28. The van der Waals surface area contributed by atoms with Crippen LogP contribution in [0.15, 0.2) is 54.6 Å². The Bertz CT molecular complexity index is 1050. The lowest BCUT2D eigenvalue weighted by Crippen LogP contribution is -2.27. The Morgan fingerprint density at radius 2 is 2.07 bits per heavy atom. The fourth-order valence-corrected chi connectivity index (χ4v) is 3.97.